The minimum atomic E-state index is -0.289. The first kappa shape index (κ1) is 15.6. The third-order valence-electron chi connectivity index (χ3n) is 4.54. The van der Waals surface area contributed by atoms with Crippen molar-refractivity contribution in [2.45, 2.75) is 18.9 Å². The number of hydrogen-bond acceptors (Lipinski definition) is 3. The Hall–Kier alpha value is -2.95. The number of hydrogen-bond donors (Lipinski definition) is 0. The molecule has 1 aliphatic heterocycles. The maximum Gasteiger partial charge on any atom is 0.292 e. The monoisotopic (exact) mass is 336 g/mol. The quantitative estimate of drug-likeness (QED) is 0.709. The van der Waals surface area contributed by atoms with E-state index in [2.05, 4.69) is 5.16 Å². The highest BCUT2D eigenvalue weighted by molar-refractivity contribution is 5.93. The van der Waals surface area contributed by atoms with Crippen LogP contribution in [0.15, 0.2) is 65.2 Å². The van der Waals surface area contributed by atoms with Gasteiger partial charge in [-0.3, -0.25) is 4.79 Å². The number of halogens is 1. The number of aromatic nitrogens is 1. The van der Waals surface area contributed by atoms with Crippen molar-refractivity contribution in [1.29, 1.82) is 0 Å². The van der Waals surface area contributed by atoms with Gasteiger partial charge < -0.3 is 9.42 Å². The van der Waals surface area contributed by atoms with Crippen LogP contribution in [0.2, 0.25) is 0 Å². The van der Waals surface area contributed by atoms with Crippen molar-refractivity contribution in [3.05, 3.63) is 77.8 Å². The van der Waals surface area contributed by atoms with Crippen molar-refractivity contribution >= 4 is 5.91 Å². The van der Waals surface area contributed by atoms with Crippen molar-refractivity contribution in [2.75, 3.05) is 6.54 Å². The number of carbonyl (C=O) groups excluding carboxylic acids is 1. The predicted molar refractivity (Wildman–Crippen MR) is 91.4 cm³/mol. The molecule has 4 nitrogen and oxygen atoms in total. The lowest BCUT2D eigenvalue weighted by Crippen LogP contribution is -2.30. The summed E-state index contributed by atoms with van der Waals surface area (Å²) in [4.78, 5) is 14.6. The Balaban J connectivity index is 1.59. The highest BCUT2D eigenvalue weighted by atomic mass is 19.1. The predicted octanol–water partition coefficient (Wildman–Crippen LogP) is 4.46. The zero-order valence-corrected chi connectivity index (χ0v) is 13.6. The average Bonchev–Trinajstić information content (AvgIpc) is 3.32. The van der Waals surface area contributed by atoms with Crippen LogP contribution in [0.25, 0.3) is 11.3 Å². The van der Waals surface area contributed by atoms with Crippen molar-refractivity contribution in [1.82, 2.24) is 10.1 Å². The Kier molecular flexibility index (Phi) is 4.06. The molecule has 5 heteroatoms. The highest BCUT2D eigenvalue weighted by Gasteiger charge is 2.32. The van der Waals surface area contributed by atoms with E-state index in [1.165, 1.54) is 12.1 Å². The summed E-state index contributed by atoms with van der Waals surface area (Å²) in [7, 11) is 0. The molecule has 25 heavy (non-hydrogen) atoms. The molecular formula is C20H17FN2O2. The lowest BCUT2D eigenvalue weighted by atomic mass is 10.0. The van der Waals surface area contributed by atoms with E-state index in [4.69, 9.17) is 4.52 Å². The third-order valence-corrected chi connectivity index (χ3v) is 4.54. The molecule has 0 unspecified atom stereocenters. The summed E-state index contributed by atoms with van der Waals surface area (Å²) in [5.41, 5.74) is 2.34. The van der Waals surface area contributed by atoms with Crippen LogP contribution in [0.3, 0.4) is 0 Å². The van der Waals surface area contributed by atoms with Crippen LogP contribution in [-0.2, 0) is 0 Å². The van der Waals surface area contributed by atoms with E-state index >= 15 is 0 Å². The topological polar surface area (TPSA) is 46.3 Å². The van der Waals surface area contributed by atoms with Crippen LogP contribution in [0.1, 0.15) is 35.0 Å². The average molecular weight is 336 g/mol. The Morgan fingerprint density at radius 1 is 1.12 bits per heavy atom. The van der Waals surface area contributed by atoms with E-state index in [1.807, 2.05) is 36.4 Å². The maximum atomic E-state index is 13.5. The Bertz CT molecular complexity index is 891. The summed E-state index contributed by atoms with van der Waals surface area (Å²) >= 11 is 0. The maximum absolute atomic E-state index is 13.5. The molecule has 0 bridgehead atoms. The van der Waals surface area contributed by atoms with E-state index in [0.29, 0.717) is 12.2 Å². The molecule has 1 fully saturated rings. The molecule has 2 heterocycles. The fraction of sp³-hybridized carbons (Fsp3) is 0.200. The fourth-order valence-corrected chi connectivity index (χ4v) is 3.33. The molecule has 0 spiro atoms. The molecule has 1 saturated heterocycles. The molecule has 4 rings (SSSR count). The standard InChI is InChI=1S/C20H17FN2O2/c21-16-9-4-8-15(12-16)18-10-5-11-23(18)20(24)19-13-17(22-25-19)14-6-2-1-3-7-14/h1-4,6-9,12-13,18H,5,10-11H2/t18-/m1/s1. The van der Waals surface area contributed by atoms with Crippen molar-refractivity contribution in [3.63, 3.8) is 0 Å². The normalized spacial score (nSPS) is 17.0. The van der Waals surface area contributed by atoms with Gasteiger partial charge in [-0.05, 0) is 30.5 Å². The largest absolute Gasteiger partial charge is 0.350 e. The van der Waals surface area contributed by atoms with Crippen LogP contribution in [0.4, 0.5) is 4.39 Å². The first-order valence-electron chi connectivity index (χ1n) is 8.31. The lowest BCUT2D eigenvalue weighted by Gasteiger charge is -2.23. The van der Waals surface area contributed by atoms with Crippen LogP contribution in [0.5, 0.6) is 0 Å². The second-order valence-corrected chi connectivity index (χ2v) is 6.15. The summed E-state index contributed by atoms with van der Waals surface area (Å²) in [6, 6.07) is 17.5. The van der Waals surface area contributed by atoms with Gasteiger partial charge in [-0.2, -0.15) is 0 Å². The van der Waals surface area contributed by atoms with Gasteiger partial charge in [0.05, 0.1) is 6.04 Å². The number of amides is 1. The van der Waals surface area contributed by atoms with E-state index in [9.17, 15) is 9.18 Å². The molecule has 0 aliphatic carbocycles. The molecule has 126 valence electrons. The number of rotatable bonds is 3. The lowest BCUT2D eigenvalue weighted by molar-refractivity contribution is 0.0693. The fourth-order valence-electron chi connectivity index (χ4n) is 3.33. The summed E-state index contributed by atoms with van der Waals surface area (Å²) < 4.78 is 18.8. The first-order valence-corrected chi connectivity index (χ1v) is 8.31. The van der Waals surface area contributed by atoms with Gasteiger partial charge in [-0.1, -0.05) is 47.6 Å². The van der Waals surface area contributed by atoms with Crippen molar-refractivity contribution in [3.8, 4) is 11.3 Å². The van der Waals surface area contributed by atoms with Crippen LogP contribution >= 0.6 is 0 Å². The van der Waals surface area contributed by atoms with Gasteiger partial charge in [0.25, 0.3) is 5.91 Å². The zero-order valence-electron chi connectivity index (χ0n) is 13.6. The van der Waals surface area contributed by atoms with Crippen LogP contribution in [-0.4, -0.2) is 22.5 Å². The molecule has 1 aliphatic rings. The second kappa shape index (κ2) is 6.51. The van der Waals surface area contributed by atoms with E-state index < -0.39 is 0 Å². The molecule has 1 atom stereocenters. The van der Waals surface area contributed by atoms with Gasteiger partial charge in [-0.25, -0.2) is 4.39 Å². The number of carbonyl (C=O) groups is 1. The molecule has 3 aromatic rings. The zero-order chi connectivity index (χ0) is 17.2. The molecule has 0 saturated carbocycles. The summed E-state index contributed by atoms with van der Waals surface area (Å²) in [5.74, 6) is -0.286. The Labute approximate surface area is 144 Å². The highest BCUT2D eigenvalue weighted by Crippen LogP contribution is 2.33. The van der Waals surface area contributed by atoms with Gasteiger partial charge in [0.2, 0.25) is 5.76 Å². The molecule has 2 aromatic carbocycles. The minimum Gasteiger partial charge on any atom is -0.350 e. The third kappa shape index (κ3) is 3.05. The van der Waals surface area contributed by atoms with Gasteiger partial charge in [0.1, 0.15) is 11.5 Å². The summed E-state index contributed by atoms with van der Waals surface area (Å²) in [6.07, 6.45) is 1.70. The number of nitrogens with zero attached hydrogens (tertiary/aromatic N) is 2. The first-order chi connectivity index (χ1) is 12.2. The Morgan fingerprint density at radius 3 is 2.76 bits per heavy atom. The minimum absolute atomic E-state index is 0.131. The molecular weight excluding hydrogens is 319 g/mol. The van der Waals surface area contributed by atoms with Gasteiger partial charge in [0, 0.05) is 18.2 Å². The number of benzene rings is 2. The molecule has 0 N–H and O–H groups in total. The molecule has 1 aromatic heterocycles. The van der Waals surface area contributed by atoms with Crippen LogP contribution < -0.4 is 0 Å². The number of likely N-dealkylation sites (tertiary alicyclic amines) is 1. The smallest absolute Gasteiger partial charge is 0.292 e. The van der Waals surface area contributed by atoms with E-state index in [-0.39, 0.29) is 23.5 Å². The van der Waals surface area contributed by atoms with Crippen molar-refractivity contribution < 1.29 is 13.7 Å². The van der Waals surface area contributed by atoms with Crippen LogP contribution in [0, 0.1) is 5.82 Å². The van der Waals surface area contributed by atoms with Gasteiger partial charge in [0.15, 0.2) is 0 Å². The summed E-state index contributed by atoms with van der Waals surface area (Å²) in [5, 5.41) is 4.01. The van der Waals surface area contributed by atoms with Gasteiger partial charge in [-0.15, -0.1) is 0 Å². The van der Waals surface area contributed by atoms with E-state index in [0.717, 1.165) is 24.0 Å². The van der Waals surface area contributed by atoms with E-state index in [1.54, 1.807) is 17.0 Å². The second-order valence-electron chi connectivity index (χ2n) is 6.15. The SMILES string of the molecule is O=C(c1cc(-c2ccccc2)no1)N1CCC[C@@H]1c1cccc(F)c1. The van der Waals surface area contributed by atoms with Gasteiger partial charge >= 0.3 is 0 Å². The summed E-state index contributed by atoms with van der Waals surface area (Å²) in [6.45, 7) is 0.626. The molecule has 1 amide bonds. The van der Waals surface area contributed by atoms with Crippen molar-refractivity contribution in [2.24, 2.45) is 0 Å². The Morgan fingerprint density at radius 2 is 1.96 bits per heavy atom. The molecule has 0 radical (unpaired) electrons.